The highest BCUT2D eigenvalue weighted by molar-refractivity contribution is 5.38. The smallest absolute Gasteiger partial charge is 0.151 e. The van der Waals surface area contributed by atoms with Crippen LogP contribution in [0.4, 0.5) is 0 Å². The number of methoxy groups -OCH3 is 1. The zero-order valence-electron chi connectivity index (χ0n) is 11.8. The van der Waals surface area contributed by atoms with Crippen molar-refractivity contribution in [2.75, 3.05) is 26.9 Å². The minimum absolute atomic E-state index is 0.0141. The molecule has 112 valence electrons. The largest absolute Gasteiger partial charge is 0.485 e. The molecule has 0 aromatic heterocycles. The minimum Gasteiger partial charge on any atom is -0.485 e. The van der Waals surface area contributed by atoms with Crippen LogP contribution in [-0.4, -0.2) is 56.5 Å². The van der Waals surface area contributed by atoms with Crippen LogP contribution < -0.4 is 4.74 Å². The maximum atomic E-state index is 8.66. The van der Waals surface area contributed by atoms with Gasteiger partial charge in [-0.2, -0.15) is 0 Å². The predicted molar refractivity (Wildman–Crippen MR) is 75.1 cm³/mol. The Morgan fingerprint density at radius 1 is 1.14 bits per heavy atom. The number of aliphatic hydroxyl groups excluding tert-OH is 1. The average molecular weight is 290 g/mol. The fourth-order valence-corrected chi connectivity index (χ4v) is 2.67. The monoisotopic (exact) mass is 290 g/mol. The summed E-state index contributed by atoms with van der Waals surface area (Å²) < 4.78 is 22.7. The molecule has 0 bridgehead atoms. The van der Waals surface area contributed by atoms with Gasteiger partial charge in [0.25, 0.3) is 0 Å². The molecule has 4 atom stereocenters. The van der Waals surface area contributed by atoms with Crippen LogP contribution in [0.15, 0.2) is 24.3 Å². The van der Waals surface area contributed by atoms with Crippen LogP contribution in [-0.2, 0) is 14.2 Å². The van der Waals surface area contributed by atoms with Gasteiger partial charge in [0.2, 0.25) is 0 Å². The van der Waals surface area contributed by atoms with Crippen LogP contribution in [0, 0.1) is 11.8 Å². The number of aliphatic hydroxyl groups is 1. The predicted octanol–water partition coefficient (Wildman–Crippen LogP) is 0.590. The molecule has 5 heteroatoms. The molecule has 2 saturated heterocycles. The molecule has 1 aromatic carbocycles. The van der Waals surface area contributed by atoms with Gasteiger partial charge in [0, 0.05) is 12.7 Å². The summed E-state index contributed by atoms with van der Waals surface area (Å²) in [6, 6.07) is 7.44. The Hall–Kier alpha value is -1.58. The molecule has 1 N–H and O–H groups in total. The van der Waals surface area contributed by atoms with Crippen LogP contribution in [0.25, 0.3) is 0 Å². The lowest BCUT2D eigenvalue weighted by Crippen LogP contribution is -2.35. The van der Waals surface area contributed by atoms with Gasteiger partial charge >= 0.3 is 0 Å². The first kappa shape index (κ1) is 14.4. The first-order valence-corrected chi connectivity index (χ1v) is 6.94. The summed E-state index contributed by atoms with van der Waals surface area (Å²) in [5, 5.41) is 8.66. The first-order valence-electron chi connectivity index (χ1n) is 6.94. The molecule has 0 saturated carbocycles. The molecule has 1 aromatic rings. The maximum absolute atomic E-state index is 8.66. The highest BCUT2D eigenvalue weighted by atomic mass is 16.6. The summed E-state index contributed by atoms with van der Waals surface area (Å²) >= 11 is 0. The molecule has 0 radical (unpaired) electrons. The number of hydrogen-bond acceptors (Lipinski definition) is 5. The van der Waals surface area contributed by atoms with E-state index >= 15 is 0 Å². The Kier molecular flexibility index (Phi) is 4.42. The molecular formula is C16H18O5. The topological polar surface area (TPSA) is 57.2 Å². The Bertz CT molecular complexity index is 530. The van der Waals surface area contributed by atoms with Crippen LogP contribution >= 0.6 is 0 Å². The van der Waals surface area contributed by atoms with Crippen molar-refractivity contribution < 1.29 is 24.1 Å². The van der Waals surface area contributed by atoms with E-state index in [9.17, 15) is 0 Å². The van der Waals surface area contributed by atoms with Crippen molar-refractivity contribution in [3.63, 3.8) is 0 Å². The normalized spacial score (nSPS) is 30.6. The molecule has 2 fully saturated rings. The van der Waals surface area contributed by atoms with Crippen LogP contribution in [0.2, 0.25) is 0 Å². The van der Waals surface area contributed by atoms with E-state index in [-0.39, 0.29) is 31.0 Å². The highest BCUT2D eigenvalue weighted by Gasteiger charge is 2.49. The summed E-state index contributed by atoms with van der Waals surface area (Å²) in [7, 11) is 1.67. The standard InChI is InChI=1S/C16H18O5/c1-18-13-9-19-16-14(10-20-15(13)16)21-12-6-4-11(5-7-12)3-2-8-17/h4-7,13-17H,8-10H2,1H3/t13-,14-,15-,16-/m1/s1. The van der Waals surface area contributed by atoms with Gasteiger partial charge < -0.3 is 24.1 Å². The zero-order valence-corrected chi connectivity index (χ0v) is 11.8. The van der Waals surface area contributed by atoms with Gasteiger partial charge in [0.15, 0.2) is 6.10 Å². The molecular weight excluding hydrogens is 272 g/mol. The van der Waals surface area contributed by atoms with Gasteiger partial charge in [0.05, 0.1) is 13.2 Å². The molecule has 21 heavy (non-hydrogen) atoms. The molecule has 2 aliphatic heterocycles. The summed E-state index contributed by atoms with van der Waals surface area (Å²) in [6.07, 6.45) is -0.261. The Balaban J connectivity index is 1.62. The van der Waals surface area contributed by atoms with E-state index < -0.39 is 0 Å². The zero-order chi connectivity index (χ0) is 14.7. The van der Waals surface area contributed by atoms with E-state index in [1.165, 1.54) is 0 Å². The van der Waals surface area contributed by atoms with Gasteiger partial charge in [-0.15, -0.1) is 0 Å². The summed E-state index contributed by atoms with van der Waals surface area (Å²) in [6.45, 7) is 0.904. The number of rotatable bonds is 3. The molecule has 2 heterocycles. The van der Waals surface area contributed by atoms with E-state index in [0.29, 0.717) is 13.2 Å². The van der Waals surface area contributed by atoms with Gasteiger partial charge in [-0.1, -0.05) is 11.8 Å². The summed E-state index contributed by atoms with van der Waals surface area (Å²) in [4.78, 5) is 0. The maximum Gasteiger partial charge on any atom is 0.151 e. The minimum atomic E-state index is -0.140. The quantitative estimate of drug-likeness (QED) is 0.826. The lowest BCUT2D eigenvalue weighted by atomic mass is 10.1. The lowest BCUT2D eigenvalue weighted by molar-refractivity contribution is -0.0138. The number of ether oxygens (including phenoxy) is 4. The molecule has 2 aliphatic rings. The third-order valence-corrected chi connectivity index (χ3v) is 3.72. The van der Waals surface area contributed by atoms with E-state index in [0.717, 1.165) is 11.3 Å². The number of fused-ring (bicyclic) bond motifs is 1. The van der Waals surface area contributed by atoms with Crippen LogP contribution in [0.1, 0.15) is 5.56 Å². The van der Waals surface area contributed by atoms with Crippen molar-refractivity contribution in [3.8, 4) is 17.6 Å². The van der Waals surface area contributed by atoms with Gasteiger partial charge in [0.1, 0.15) is 30.7 Å². The third kappa shape index (κ3) is 3.04. The van der Waals surface area contributed by atoms with E-state index in [4.69, 9.17) is 24.1 Å². The van der Waals surface area contributed by atoms with Crippen molar-refractivity contribution in [1.29, 1.82) is 0 Å². The second-order valence-corrected chi connectivity index (χ2v) is 5.01. The van der Waals surface area contributed by atoms with E-state index in [2.05, 4.69) is 11.8 Å². The summed E-state index contributed by atoms with van der Waals surface area (Å²) in [5.74, 6) is 6.21. The number of hydrogen-bond donors (Lipinski definition) is 1. The molecule has 0 amide bonds. The Labute approximate surface area is 123 Å². The van der Waals surface area contributed by atoms with Crippen LogP contribution in [0.3, 0.4) is 0 Å². The van der Waals surface area contributed by atoms with Crippen molar-refractivity contribution in [2.24, 2.45) is 0 Å². The molecule has 5 nitrogen and oxygen atoms in total. The SMILES string of the molecule is CO[C@@H]1CO[C@H]2[C@@H]1OC[C@H]2Oc1ccc(C#CCO)cc1. The van der Waals surface area contributed by atoms with Crippen molar-refractivity contribution >= 4 is 0 Å². The fraction of sp³-hybridized carbons (Fsp3) is 0.500. The van der Waals surface area contributed by atoms with Crippen LogP contribution in [0.5, 0.6) is 5.75 Å². The Morgan fingerprint density at radius 3 is 2.48 bits per heavy atom. The molecule has 3 rings (SSSR count). The second kappa shape index (κ2) is 6.46. The van der Waals surface area contributed by atoms with Gasteiger partial charge in [-0.05, 0) is 24.3 Å². The van der Waals surface area contributed by atoms with E-state index in [1.807, 2.05) is 24.3 Å². The first-order chi connectivity index (χ1) is 10.3. The van der Waals surface area contributed by atoms with E-state index in [1.54, 1.807) is 7.11 Å². The highest BCUT2D eigenvalue weighted by Crippen LogP contribution is 2.31. The van der Waals surface area contributed by atoms with Crippen molar-refractivity contribution in [2.45, 2.75) is 24.4 Å². The molecule has 0 aliphatic carbocycles. The summed E-state index contributed by atoms with van der Waals surface area (Å²) in [5.41, 5.74) is 0.841. The second-order valence-electron chi connectivity index (χ2n) is 5.01. The molecule has 0 unspecified atom stereocenters. The lowest BCUT2D eigenvalue weighted by Gasteiger charge is -2.18. The molecule has 0 spiro atoms. The van der Waals surface area contributed by atoms with Gasteiger partial charge in [-0.3, -0.25) is 0 Å². The third-order valence-electron chi connectivity index (χ3n) is 3.72. The average Bonchev–Trinajstić information content (AvgIpc) is 3.09. The van der Waals surface area contributed by atoms with Crippen molar-refractivity contribution in [1.82, 2.24) is 0 Å². The van der Waals surface area contributed by atoms with Gasteiger partial charge in [-0.25, -0.2) is 0 Å². The Morgan fingerprint density at radius 2 is 1.81 bits per heavy atom. The van der Waals surface area contributed by atoms with Crippen molar-refractivity contribution in [3.05, 3.63) is 29.8 Å². The fourth-order valence-electron chi connectivity index (χ4n) is 2.67. The number of benzene rings is 1.